The summed E-state index contributed by atoms with van der Waals surface area (Å²) in [6.07, 6.45) is 0.401. The van der Waals surface area contributed by atoms with Gasteiger partial charge in [-0.05, 0) is 33.6 Å². The van der Waals surface area contributed by atoms with Crippen molar-refractivity contribution in [2.45, 2.75) is 51.2 Å². The Labute approximate surface area is 115 Å². The molecule has 0 saturated heterocycles. The third-order valence-electron chi connectivity index (χ3n) is 2.84. The molecule has 1 aliphatic rings. The minimum atomic E-state index is -1.01. The number of nitrogens with one attached hydrogen (secondary N) is 1. The molecular formula is C12H17N3O5. The third kappa shape index (κ3) is 3.06. The Morgan fingerprint density at radius 2 is 2.10 bits per heavy atom. The van der Waals surface area contributed by atoms with Crippen molar-refractivity contribution in [3.8, 4) is 0 Å². The molecule has 0 aliphatic heterocycles. The highest BCUT2D eigenvalue weighted by atomic mass is 16.6. The molecule has 0 unspecified atom stereocenters. The predicted octanol–water partition coefficient (Wildman–Crippen LogP) is 1.21. The molecule has 1 saturated carbocycles. The number of carboxylic acids is 1. The van der Waals surface area contributed by atoms with Gasteiger partial charge in [-0.3, -0.25) is 4.79 Å². The van der Waals surface area contributed by atoms with Crippen molar-refractivity contribution in [2.75, 3.05) is 0 Å². The van der Waals surface area contributed by atoms with Crippen LogP contribution < -0.4 is 5.32 Å². The molecule has 0 aromatic carbocycles. The van der Waals surface area contributed by atoms with Crippen LogP contribution in [0.1, 0.15) is 45.3 Å². The molecule has 110 valence electrons. The topological polar surface area (TPSA) is 115 Å². The number of aliphatic carboxylic acids is 1. The normalized spacial score (nSPS) is 16.6. The van der Waals surface area contributed by atoms with Crippen molar-refractivity contribution in [2.24, 2.45) is 0 Å². The summed E-state index contributed by atoms with van der Waals surface area (Å²) in [7, 11) is 0. The lowest BCUT2D eigenvalue weighted by Crippen LogP contribution is -2.32. The van der Waals surface area contributed by atoms with Crippen LogP contribution in [0, 0.1) is 0 Å². The van der Waals surface area contributed by atoms with E-state index in [0.717, 1.165) is 0 Å². The summed E-state index contributed by atoms with van der Waals surface area (Å²) in [4.78, 5) is 26.5. The van der Waals surface area contributed by atoms with Crippen LogP contribution in [-0.4, -0.2) is 32.9 Å². The molecule has 8 nitrogen and oxygen atoms in total. The third-order valence-corrected chi connectivity index (χ3v) is 2.84. The minimum Gasteiger partial charge on any atom is -0.480 e. The van der Waals surface area contributed by atoms with E-state index < -0.39 is 23.1 Å². The zero-order valence-corrected chi connectivity index (χ0v) is 11.6. The van der Waals surface area contributed by atoms with Gasteiger partial charge in [0.25, 0.3) is 0 Å². The summed E-state index contributed by atoms with van der Waals surface area (Å²) < 4.78 is 9.98. The summed E-state index contributed by atoms with van der Waals surface area (Å²) in [6.45, 7) is 5.25. The van der Waals surface area contributed by atoms with E-state index in [1.807, 2.05) is 0 Å². The monoisotopic (exact) mass is 283 g/mol. The number of carbonyl (C=O) groups excluding carboxylic acids is 1. The fourth-order valence-electron chi connectivity index (χ4n) is 1.64. The lowest BCUT2D eigenvalue weighted by atomic mass is 10.1. The van der Waals surface area contributed by atoms with Crippen LogP contribution >= 0.6 is 0 Å². The molecule has 2 N–H and O–H groups in total. The van der Waals surface area contributed by atoms with E-state index in [1.165, 1.54) is 0 Å². The molecule has 2 rings (SSSR count). The number of carboxylic acid groups (broad SMARTS) is 1. The molecule has 8 heteroatoms. The molecule has 1 fully saturated rings. The minimum absolute atomic E-state index is 0.00237. The first kappa shape index (κ1) is 14.3. The SMILES string of the molecule is CC(C)(C)OC(=O)NCc1nc(C2(C(=O)O)CC2)no1. The molecule has 0 atom stereocenters. The summed E-state index contributed by atoms with van der Waals surface area (Å²) in [6, 6.07) is 0. The number of hydrogen-bond donors (Lipinski definition) is 2. The van der Waals surface area contributed by atoms with E-state index >= 15 is 0 Å². The van der Waals surface area contributed by atoms with Gasteiger partial charge in [0.15, 0.2) is 5.82 Å². The Morgan fingerprint density at radius 3 is 2.60 bits per heavy atom. The van der Waals surface area contributed by atoms with Gasteiger partial charge in [-0.2, -0.15) is 4.98 Å². The van der Waals surface area contributed by atoms with Gasteiger partial charge in [0.1, 0.15) is 17.6 Å². The lowest BCUT2D eigenvalue weighted by molar-refractivity contribution is -0.140. The number of aromatic nitrogens is 2. The van der Waals surface area contributed by atoms with Gasteiger partial charge in [0, 0.05) is 0 Å². The second-order valence-electron chi connectivity index (χ2n) is 5.75. The van der Waals surface area contributed by atoms with Crippen molar-refractivity contribution in [3.63, 3.8) is 0 Å². The summed E-state index contributed by atoms with van der Waals surface area (Å²) in [5, 5.41) is 15.2. The molecular weight excluding hydrogens is 266 g/mol. The maximum Gasteiger partial charge on any atom is 0.408 e. The largest absolute Gasteiger partial charge is 0.480 e. The Kier molecular flexibility index (Phi) is 3.41. The molecule has 1 amide bonds. The highest BCUT2D eigenvalue weighted by molar-refractivity contribution is 5.83. The number of hydrogen-bond acceptors (Lipinski definition) is 6. The smallest absolute Gasteiger partial charge is 0.408 e. The number of carbonyl (C=O) groups is 2. The fraction of sp³-hybridized carbons (Fsp3) is 0.667. The zero-order valence-electron chi connectivity index (χ0n) is 11.6. The van der Waals surface area contributed by atoms with E-state index in [2.05, 4.69) is 15.5 Å². The van der Waals surface area contributed by atoms with Crippen LogP contribution in [0.4, 0.5) is 4.79 Å². The average Bonchev–Trinajstić information content (AvgIpc) is 2.98. The average molecular weight is 283 g/mol. The highest BCUT2D eigenvalue weighted by Gasteiger charge is 2.55. The second-order valence-corrected chi connectivity index (χ2v) is 5.75. The molecule has 0 bridgehead atoms. The van der Waals surface area contributed by atoms with Crippen LogP contribution in [0.15, 0.2) is 4.52 Å². The van der Waals surface area contributed by atoms with Gasteiger partial charge in [0.05, 0.1) is 0 Å². The van der Waals surface area contributed by atoms with Crippen molar-refractivity contribution in [1.82, 2.24) is 15.5 Å². The van der Waals surface area contributed by atoms with Gasteiger partial charge in [-0.15, -0.1) is 0 Å². The summed E-state index contributed by atoms with van der Waals surface area (Å²) in [5.41, 5.74) is -1.60. The molecule has 1 aromatic rings. The Hall–Kier alpha value is -2.12. The van der Waals surface area contributed by atoms with E-state index in [0.29, 0.717) is 12.8 Å². The standard InChI is InChI=1S/C12H17N3O5/c1-11(2,3)19-10(18)13-6-7-14-8(15-20-7)12(4-5-12)9(16)17/h4-6H2,1-3H3,(H,13,18)(H,16,17). The van der Waals surface area contributed by atoms with Crippen molar-refractivity contribution in [3.05, 3.63) is 11.7 Å². The van der Waals surface area contributed by atoms with Crippen LogP contribution in [0.5, 0.6) is 0 Å². The van der Waals surface area contributed by atoms with E-state index in [1.54, 1.807) is 20.8 Å². The lowest BCUT2D eigenvalue weighted by Gasteiger charge is -2.19. The summed E-state index contributed by atoms with van der Waals surface area (Å²) >= 11 is 0. The van der Waals surface area contributed by atoms with Crippen molar-refractivity contribution in [1.29, 1.82) is 0 Å². The predicted molar refractivity (Wildman–Crippen MR) is 65.9 cm³/mol. The number of rotatable bonds is 4. The molecule has 0 radical (unpaired) electrons. The molecule has 1 heterocycles. The second kappa shape index (κ2) is 4.77. The first-order chi connectivity index (χ1) is 9.23. The molecule has 20 heavy (non-hydrogen) atoms. The van der Waals surface area contributed by atoms with Gasteiger partial charge < -0.3 is 19.7 Å². The Morgan fingerprint density at radius 1 is 1.45 bits per heavy atom. The van der Waals surface area contributed by atoms with Crippen LogP contribution in [0.3, 0.4) is 0 Å². The van der Waals surface area contributed by atoms with Gasteiger partial charge in [-0.25, -0.2) is 4.79 Å². The van der Waals surface area contributed by atoms with Crippen LogP contribution in [0.25, 0.3) is 0 Å². The van der Waals surface area contributed by atoms with E-state index in [-0.39, 0.29) is 18.3 Å². The fourth-order valence-corrected chi connectivity index (χ4v) is 1.64. The van der Waals surface area contributed by atoms with Gasteiger partial charge >= 0.3 is 12.1 Å². The summed E-state index contributed by atoms with van der Waals surface area (Å²) in [5.74, 6) is -0.644. The maximum atomic E-state index is 11.4. The highest BCUT2D eigenvalue weighted by Crippen LogP contribution is 2.46. The van der Waals surface area contributed by atoms with Gasteiger partial charge in [-0.1, -0.05) is 5.16 Å². The van der Waals surface area contributed by atoms with Crippen molar-refractivity contribution >= 4 is 12.1 Å². The first-order valence-corrected chi connectivity index (χ1v) is 6.26. The number of ether oxygens (including phenoxy) is 1. The Balaban J connectivity index is 1.91. The van der Waals surface area contributed by atoms with Crippen molar-refractivity contribution < 1.29 is 24.0 Å². The molecule has 0 spiro atoms. The van der Waals surface area contributed by atoms with Crippen LogP contribution in [0.2, 0.25) is 0 Å². The maximum absolute atomic E-state index is 11.4. The molecule has 1 aliphatic carbocycles. The number of alkyl carbamates (subject to hydrolysis) is 1. The van der Waals surface area contributed by atoms with E-state index in [9.17, 15) is 9.59 Å². The Bertz CT molecular complexity index is 527. The number of nitrogens with zero attached hydrogens (tertiary/aromatic N) is 2. The van der Waals surface area contributed by atoms with Gasteiger partial charge in [0.2, 0.25) is 5.89 Å². The quantitative estimate of drug-likeness (QED) is 0.853. The number of amides is 1. The zero-order chi connectivity index (χ0) is 15.0. The van der Waals surface area contributed by atoms with Crippen LogP contribution in [-0.2, 0) is 21.5 Å². The molecule has 1 aromatic heterocycles. The van der Waals surface area contributed by atoms with E-state index in [4.69, 9.17) is 14.4 Å². The first-order valence-electron chi connectivity index (χ1n) is 6.26.